The van der Waals surface area contributed by atoms with Crippen molar-refractivity contribution in [3.05, 3.63) is 48.8 Å². The van der Waals surface area contributed by atoms with Gasteiger partial charge in [-0.05, 0) is 6.08 Å². The van der Waals surface area contributed by atoms with Crippen LogP contribution < -0.4 is 5.11 Å². The Labute approximate surface area is 65.9 Å². The largest absolute Gasteiger partial charge is 0.878 e. The Hall–Kier alpha value is -1.57. The molecule has 0 spiro atoms. The van der Waals surface area contributed by atoms with Crippen LogP contribution in [0.2, 0.25) is 0 Å². The molecule has 58 valence electrons. The molecule has 0 unspecified atom stereocenters. The Kier molecular flexibility index (Phi) is 7.23. The molecular weight excluding hydrogens is 140 g/mol. The van der Waals surface area contributed by atoms with Gasteiger partial charge in [0.1, 0.15) is 6.29 Å². The second-order valence-electron chi connectivity index (χ2n) is 1.62. The molecule has 0 aromatic carbocycles. The fourth-order valence-corrected chi connectivity index (χ4v) is 0.411. The summed E-state index contributed by atoms with van der Waals surface area (Å²) in [6.07, 6.45) is 12.5. The number of carbonyl (C=O) groups excluding carboxylic acids is 1. The quantitative estimate of drug-likeness (QED) is 0.256. The Balaban J connectivity index is 3.59. The van der Waals surface area contributed by atoms with Crippen LogP contribution in [0, 0.1) is 0 Å². The molecule has 0 fully saturated rings. The Morgan fingerprint density at radius 3 is 1.64 bits per heavy atom. The molecule has 11 heavy (non-hydrogen) atoms. The lowest BCUT2D eigenvalue weighted by atomic mass is 10.4. The summed E-state index contributed by atoms with van der Waals surface area (Å²) in [6, 6.07) is 0. The molecule has 0 rings (SSSR count). The van der Waals surface area contributed by atoms with Gasteiger partial charge in [0.2, 0.25) is 0 Å². The lowest BCUT2D eigenvalue weighted by molar-refractivity contribution is -0.274. The molecule has 2 nitrogen and oxygen atoms in total. The van der Waals surface area contributed by atoms with Crippen LogP contribution >= 0.6 is 0 Å². The number of aldehydes is 1. The van der Waals surface area contributed by atoms with Gasteiger partial charge in [-0.15, -0.1) is 6.26 Å². The van der Waals surface area contributed by atoms with Crippen molar-refractivity contribution < 1.29 is 9.90 Å². The third-order valence-corrected chi connectivity index (χ3v) is 0.824. The van der Waals surface area contributed by atoms with E-state index in [2.05, 4.69) is 0 Å². The maximum absolute atomic E-state index is 9.75. The third-order valence-electron chi connectivity index (χ3n) is 0.824. The van der Waals surface area contributed by atoms with E-state index in [1.54, 1.807) is 30.4 Å². The van der Waals surface area contributed by atoms with Crippen LogP contribution in [0.1, 0.15) is 0 Å². The molecule has 0 aliphatic rings. The van der Waals surface area contributed by atoms with Gasteiger partial charge in [-0.3, -0.25) is 4.79 Å². The zero-order valence-corrected chi connectivity index (χ0v) is 6.01. The molecule has 0 heterocycles. The number of hydrogen-bond donors (Lipinski definition) is 0. The summed E-state index contributed by atoms with van der Waals surface area (Å²) >= 11 is 0. The molecule has 0 aliphatic heterocycles. The van der Waals surface area contributed by atoms with E-state index >= 15 is 0 Å². The minimum Gasteiger partial charge on any atom is -0.878 e. The van der Waals surface area contributed by atoms with E-state index in [1.807, 2.05) is 0 Å². The first kappa shape index (κ1) is 9.43. The monoisotopic (exact) mass is 149 g/mol. The summed E-state index contributed by atoms with van der Waals surface area (Å²) in [7, 11) is 0. The van der Waals surface area contributed by atoms with E-state index in [1.165, 1.54) is 12.2 Å². The van der Waals surface area contributed by atoms with Crippen LogP contribution in [0.25, 0.3) is 0 Å². The molecule has 0 bridgehead atoms. The highest BCUT2D eigenvalue weighted by Crippen LogP contribution is 1.79. The van der Waals surface area contributed by atoms with Crippen LogP contribution in [0.4, 0.5) is 0 Å². The first-order valence-electron chi connectivity index (χ1n) is 3.14. The summed E-state index contributed by atoms with van der Waals surface area (Å²) in [4.78, 5) is 9.75. The lowest BCUT2D eigenvalue weighted by Crippen LogP contribution is -1.81. The molecule has 0 saturated carbocycles. The van der Waals surface area contributed by atoms with Crippen molar-refractivity contribution in [1.82, 2.24) is 0 Å². The first-order valence-corrected chi connectivity index (χ1v) is 3.14. The van der Waals surface area contributed by atoms with Gasteiger partial charge in [0.15, 0.2) is 0 Å². The second-order valence-corrected chi connectivity index (χ2v) is 1.62. The van der Waals surface area contributed by atoms with Gasteiger partial charge in [0.25, 0.3) is 0 Å². The Bertz CT molecular complexity index is 198. The molecule has 0 amide bonds. The van der Waals surface area contributed by atoms with Gasteiger partial charge in [-0.1, -0.05) is 36.5 Å². The molecule has 0 N–H and O–H groups in total. The van der Waals surface area contributed by atoms with Crippen molar-refractivity contribution >= 4 is 6.29 Å². The standard InChI is InChI=1S/C9H10O2/c10-8-6-4-2-1-3-5-7-9-11/h1-10H/p-1/b3-1?,4-2?,7-5?,8-6+. The van der Waals surface area contributed by atoms with Crippen LogP contribution in [-0.4, -0.2) is 6.29 Å². The molecular formula is C9H9O2-. The smallest absolute Gasteiger partial charge is 0.142 e. The van der Waals surface area contributed by atoms with E-state index < -0.39 is 0 Å². The highest BCUT2D eigenvalue weighted by Gasteiger charge is 1.60. The van der Waals surface area contributed by atoms with Crippen LogP contribution in [0.5, 0.6) is 0 Å². The summed E-state index contributed by atoms with van der Waals surface area (Å²) in [6.45, 7) is 0. The van der Waals surface area contributed by atoms with E-state index in [-0.39, 0.29) is 0 Å². The Morgan fingerprint density at radius 2 is 1.18 bits per heavy atom. The fraction of sp³-hybridized carbons (Fsp3) is 0. The van der Waals surface area contributed by atoms with Crippen molar-refractivity contribution in [1.29, 1.82) is 0 Å². The molecule has 0 aromatic heterocycles. The molecule has 0 radical (unpaired) electrons. The second kappa shape index (κ2) is 8.43. The lowest BCUT2D eigenvalue weighted by Gasteiger charge is -1.80. The highest BCUT2D eigenvalue weighted by molar-refractivity contribution is 5.65. The van der Waals surface area contributed by atoms with E-state index in [0.29, 0.717) is 12.5 Å². The maximum Gasteiger partial charge on any atom is 0.142 e. The summed E-state index contributed by atoms with van der Waals surface area (Å²) in [5.74, 6) is 0. The summed E-state index contributed by atoms with van der Waals surface area (Å²) < 4.78 is 0. The maximum atomic E-state index is 9.75. The number of carbonyl (C=O) groups is 1. The minimum absolute atomic E-state index is 0.700. The summed E-state index contributed by atoms with van der Waals surface area (Å²) in [5, 5.41) is 9.75. The number of allylic oxidation sites excluding steroid dienone is 7. The van der Waals surface area contributed by atoms with E-state index in [9.17, 15) is 9.90 Å². The van der Waals surface area contributed by atoms with Crippen molar-refractivity contribution in [3.8, 4) is 0 Å². The van der Waals surface area contributed by atoms with Crippen molar-refractivity contribution in [2.75, 3.05) is 0 Å². The van der Waals surface area contributed by atoms with Gasteiger partial charge < -0.3 is 5.11 Å². The minimum atomic E-state index is 0.700. The average Bonchev–Trinajstić information content (AvgIpc) is 2.03. The van der Waals surface area contributed by atoms with E-state index in [0.717, 1.165) is 0 Å². The van der Waals surface area contributed by atoms with Crippen LogP contribution in [0.15, 0.2) is 48.8 Å². The van der Waals surface area contributed by atoms with Gasteiger partial charge >= 0.3 is 0 Å². The number of hydrogen-bond acceptors (Lipinski definition) is 2. The molecule has 0 aromatic rings. The first-order chi connectivity index (χ1) is 5.41. The Morgan fingerprint density at radius 1 is 0.727 bits per heavy atom. The van der Waals surface area contributed by atoms with Crippen molar-refractivity contribution in [3.63, 3.8) is 0 Å². The fourth-order valence-electron chi connectivity index (χ4n) is 0.411. The van der Waals surface area contributed by atoms with Gasteiger partial charge in [0.05, 0.1) is 0 Å². The zero-order chi connectivity index (χ0) is 8.36. The topological polar surface area (TPSA) is 40.1 Å². The van der Waals surface area contributed by atoms with Gasteiger partial charge in [-0.2, -0.15) is 0 Å². The third kappa shape index (κ3) is 8.43. The predicted molar refractivity (Wildman–Crippen MR) is 42.6 cm³/mol. The highest BCUT2D eigenvalue weighted by atomic mass is 16.2. The van der Waals surface area contributed by atoms with Gasteiger partial charge in [-0.25, -0.2) is 0 Å². The van der Waals surface area contributed by atoms with Gasteiger partial charge in [0, 0.05) is 0 Å². The molecule has 0 aliphatic carbocycles. The molecule has 2 heteroatoms. The van der Waals surface area contributed by atoms with E-state index in [4.69, 9.17) is 0 Å². The summed E-state index contributed by atoms with van der Waals surface area (Å²) in [5.41, 5.74) is 0. The number of rotatable bonds is 4. The average molecular weight is 149 g/mol. The SMILES string of the molecule is O=CC=CC=CC=C/C=C/[O-]. The van der Waals surface area contributed by atoms with Crippen molar-refractivity contribution in [2.45, 2.75) is 0 Å². The normalized spacial score (nSPS) is 12.7. The van der Waals surface area contributed by atoms with Crippen LogP contribution in [0.3, 0.4) is 0 Å². The predicted octanol–water partition coefficient (Wildman–Crippen LogP) is 0.728. The van der Waals surface area contributed by atoms with Crippen molar-refractivity contribution in [2.24, 2.45) is 0 Å². The molecule has 0 atom stereocenters. The molecule has 0 saturated heterocycles. The van der Waals surface area contributed by atoms with Crippen LogP contribution in [-0.2, 0) is 4.79 Å². The zero-order valence-electron chi connectivity index (χ0n) is 6.01.